The van der Waals surface area contributed by atoms with Gasteiger partial charge < -0.3 is 19.9 Å². The van der Waals surface area contributed by atoms with Gasteiger partial charge in [0.1, 0.15) is 11.9 Å². The highest BCUT2D eigenvalue weighted by molar-refractivity contribution is 5.74. The number of carbonyl (C=O) groups excluding carboxylic acids is 1. The summed E-state index contributed by atoms with van der Waals surface area (Å²) in [5.41, 5.74) is 0.358. The Morgan fingerprint density at radius 1 is 1.57 bits per heavy atom. The predicted octanol–water partition coefficient (Wildman–Crippen LogP) is 2.07. The molecule has 6 nitrogen and oxygen atoms in total. The van der Waals surface area contributed by atoms with E-state index in [1.807, 2.05) is 22.7 Å². The molecular weight excluding hydrogens is 292 g/mol. The second kappa shape index (κ2) is 6.51. The van der Waals surface area contributed by atoms with E-state index in [4.69, 9.17) is 0 Å². The van der Waals surface area contributed by atoms with Crippen LogP contribution in [0.15, 0.2) is 12.4 Å². The zero-order valence-corrected chi connectivity index (χ0v) is 14.2. The van der Waals surface area contributed by atoms with Gasteiger partial charge in [0.25, 0.3) is 0 Å². The quantitative estimate of drug-likeness (QED) is 0.872. The van der Waals surface area contributed by atoms with Crippen LogP contribution in [0.3, 0.4) is 0 Å². The number of imidazole rings is 1. The SMILES string of the molecule is CCC1(CNC(=O)N2CCCC(C(O)c3nccn3C)C2)CC1. The van der Waals surface area contributed by atoms with E-state index in [1.165, 1.54) is 12.8 Å². The van der Waals surface area contributed by atoms with Crippen molar-refractivity contribution in [2.24, 2.45) is 18.4 Å². The number of hydrogen-bond acceptors (Lipinski definition) is 3. The van der Waals surface area contributed by atoms with Gasteiger partial charge in [-0.1, -0.05) is 6.92 Å². The third-order valence-electron chi connectivity index (χ3n) is 5.64. The minimum Gasteiger partial charge on any atom is -0.385 e. The standard InChI is InChI=1S/C17H28N4O2/c1-3-17(6-7-17)12-19-16(23)21-9-4-5-13(11-21)14(22)15-18-8-10-20(15)2/h8,10,13-14,22H,3-7,9,11-12H2,1-2H3,(H,19,23). The maximum Gasteiger partial charge on any atom is 0.317 e. The molecule has 1 aliphatic heterocycles. The molecule has 0 bridgehead atoms. The Hall–Kier alpha value is -1.56. The molecule has 128 valence electrons. The van der Waals surface area contributed by atoms with Gasteiger partial charge in [0.2, 0.25) is 0 Å². The van der Waals surface area contributed by atoms with Crippen LogP contribution in [0.4, 0.5) is 4.79 Å². The van der Waals surface area contributed by atoms with Crippen molar-refractivity contribution < 1.29 is 9.90 Å². The smallest absolute Gasteiger partial charge is 0.317 e. The summed E-state index contributed by atoms with van der Waals surface area (Å²) in [7, 11) is 1.89. The van der Waals surface area contributed by atoms with Crippen molar-refractivity contribution in [1.82, 2.24) is 19.8 Å². The molecule has 3 rings (SSSR count). The second-order valence-corrected chi connectivity index (χ2v) is 7.20. The molecule has 2 aliphatic rings. The average molecular weight is 320 g/mol. The summed E-state index contributed by atoms with van der Waals surface area (Å²) in [4.78, 5) is 18.5. The number of nitrogens with zero attached hydrogens (tertiary/aromatic N) is 3. The number of aromatic nitrogens is 2. The number of rotatable bonds is 5. The van der Waals surface area contributed by atoms with E-state index in [0.717, 1.165) is 32.4 Å². The maximum atomic E-state index is 12.4. The first kappa shape index (κ1) is 16.3. The molecule has 1 saturated heterocycles. The summed E-state index contributed by atoms with van der Waals surface area (Å²) in [6.45, 7) is 4.35. The molecule has 1 aromatic rings. The van der Waals surface area contributed by atoms with Crippen LogP contribution in [0, 0.1) is 11.3 Å². The first-order valence-corrected chi connectivity index (χ1v) is 8.73. The zero-order valence-electron chi connectivity index (χ0n) is 14.2. The number of aliphatic hydroxyl groups excluding tert-OH is 1. The molecule has 2 fully saturated rings. The molecule has 1 saturated carbocycles. The molecule has 2 amide bonds. The van der Waals surface area contributed by atoms with Gasteiger partial charge in [-0.2, -0.15) is 0 Å². The van der Waals surface area contributed by atoms with Crippen molar-refractivity contribution in [3.63, 3.8) is 0 Å². The fraction of sp³-hybridized carbons (Fsp3) is 0.765. The Kier molecular flexibility index (Phi) is 4.62. The molecule has 2 N–H and O–H groups in total. The Morgan fingerprint density at radius 3 is 2.96 bits per heavy atom. The first-order chi connectivity index (χ1) is 11.0. The van der Waals surface area contributed by atoms with E-state index in [2.05, 4.69) is 17.2 Å². The number of nitrogens with one attached hydrogen (secondary N) is 1. The highest BCUT2D eigenvalue weighted by Gasteiger charge is 2.41. The third kappa shape index (κ3) is 3.52. The van der Waals surface area contributed by atoms with Crippen molar-refractivity contribution in [2.75, 3.05) is 19.6 Å². The number of carbonyl (C=O) groups is 1. The van der Waals surface area contributed by atoms with Gasteiger partial charge in [-0.3, -0.25) is 0 Å². The first-order valence-electron chi connectivity index (χ1n) is 8.73. The molecule has 0 aromatic carbocycles. The molecule has 0 spiro atoms. The minimum absolute atomic E-state index is 0.0152. The topological polar surface area (TPSA) is 70.4 Å². The molecule has 23 heavy (non-hydrogen) atoms. The fourth-order valence-corrected chi connectivity index (χ4v) is 3.53. The van der Waals surface area contributed by atoms with E-state index < -0.39 is 6.10 Å². The van der Waals surface area contributed by atoms with Crippen molar-refractivity contribution in [1.29, 1.82) is 0 Å². The minimum atomic E-state index is -0.615. The highest BCUT2D eigenvalue weighted by atomic mass is 16.3. The lowest BCUT2D eigenvalue weighted by atomic mass is 9.92. The molecule has 0 radical (unpaired) electrons. The van der Waals surface area contributed by atoms with E-state index in [-0.39, 0.29) is 11.9 Å². The van der Waals surface area contributed by atoms with Gasteiger partial charge in [-0.05, 0) is 37.5 Å². The molecule has 1 aliphatic carbocycles. The summed E-state index contributed by atoms with van der Waals surface area (Å²) < 4.78 is 1.85. The van der Waals surface area contributed by atoms with Gasteiger partial charge in [0.15, 0.2) is 0 Å². The molecular formula is C17H28N4O2. The van der Waals surface area contributed by atoms with Crippen LogP contribution in [0.2, 0.25) is 0 Å². The monoisotopic (exact) mass is 320 g/mol. The highest BCUT2D eigenvalue weighted by Crippen LogP contribution is 2.47. The summed E-state index contributed by atoms with van der Waals surface area (Å²) >= 11 is 0. The summed E-state index contributed by atoms with van der Waals surface area (Å²) in [6, 6.07) is 0.0152. The largest absolute Gasteiger partial charge is 0.385 e. The van der Waals surface area contributed by atoms with Crippen LogP contribution in [0.1, 0.15) is 51.0 Å². The Morgan fingerprint density at radius 2 is 2.35 bits per heavy atom. The van der Waals surface area contributed by atoms with Crippen molar-refractivity contribution in [2.45, 2.75) is 45.1 Å². The van der Waals surface area contributed by atoms with E-state index in [0.29, 0.717) is 17.8 Å². The normalized spacial score (nSPS) is 24.3. The van der Waals surface area contributed by atoms with Crippen LogP contribution in [0.25, 0.3) is 0 Å². The summed E-state index contributed by atoms with van der Waals surface area (Å²) in [5, 5.41) is 13.7. The number of hydrogen-bond donors (Lipinski definition) is 2. The Balaban J connectivity index is 1.55. The van der Waals surface area contributed by atoms with Crippen LogP contribution in [0.5, 0.6) is 0 Å². The van der Waals surface area contributed by atoms with E-state index in [1.54, 1.807) is 6.20 Å². The van der Waals surface area contributed by atoms with Crippen molar-refractivity contribution >= 4 is 6.03 Å². The number of amides is 2. The van der Waals surface area contributed by atoms with Crippen LogP contribution in [-0.4, -0.2) is 45.2 Å². The number of piperidine rings is 1. The second-order valence-electron chi connectivity index (χ2n) is 7.20. The third-order valence-corrected chi connectivity index (χ3v) is 5.64. The van der Waals surface area contributed by atoms with Crippen molar-refractivity contribution in [3.05, 3.63) is 18.2 Å². The number of urea groups is 1. The van der Waals surface area contributed by atoms with Crippen LogP contribution in [-0.2, 0) is 7.05 Å². The lowest BCUT2D eigenvalue weighted by Crippen LogP contribution is -2.47. The summed E-state index contributed by atoms with van der Waals surface area (Å²) in [6.07, 6.45) is 8.37. The lowest BCUT2D eigenvalue weighted by Gasteiger charge is -2.35. The van der Waals surface area contributed by atoms with Gasteiger partial charge >= 0.3 is 6.03 Å². The molecule has 2 unspecified atom stereocenters. The molecule has 1 aromatic heterocycles. The van der Waals surface area contributed by atoms with E-state index in [9.17, 15) is 9.90 Å². The zero-order chi connectivity index (χ0) is 16.4. The van der Waals surface area contributed by atoms with Crippen molar-refractivity contribution in [3.8, 4) is 0 Å². The Labute approximate surface area is 137 Å². The fourth-order valence-electron chi connectivity index (χ4n) is 3.53. The Bertz CT molecular complexity index is 553. The van der Waals surface area contributed by atoms with Gasteiger partial charge in [0, 0.05) is 45.0 Å². The van der Waals surface area contributed by atoms with Crippen LogP contribution >= 0.6 is 0 Å². The maximum absolute atomic E-state index is 12.4. The van der Waals surface area contributed by atoms with Crippen LogP contribution < -0.4 is 5.32 Å². The van der Waals surface area contributed by atoms with Gasteiger partial charge in [-0.25, -0.2) is 9.78 Å². The lowest BCUT2D eigenvalue weighted by molar-refractivity contribution is 0.0530. The number of aliphatic hydroxyl groups is 1. The number of likely N-dealkylation sites (tertiary alicyclic amines) is 1. The average Bonchev–Trinajstić information content (AvgIpc) is 3.25. The van der Waals surface area contributed by atoms with Gasteiger partial charge in [-0.15, -0.1) is 0 Å². The molecule has 2 heterocycles. The molecule has 6 heteroatoms. The van der Waals surface area contributed by atoms with Gasteiger partial charge in [0.05, 0.1) is 0 Å². The predicted molar refractivity (Wildman–Crippen MR) is 87.8 cm³/mol. The summed E-state index contributed by atoms with van der Waals surface area (Å²) in [5.74, 6) is 0.733. The molecule has 2 atom stereocenters. The van der Waals surface area contributed by atoms with E-state index >= 15 is 0 Å². The number of aryl methyl sites for hydroxylation is 1.